The van der Waals surface area contributed by atoms with E-state index in [-0.39, 0.29) is 0 Å². The van der Waals surface area contributed by atoms with Crippen LogP contribution in [0.4, 0.5) is 0 Å². The van der Waals surface area contributed by atoms with Gasteiger partial charge < -0.3 is 0 Å². The fraction of sp³-hybridized carbons (Fsp3) is 1.00. The summed E-state index contributed by atoms with van der Waals surface area (Å²) in [5, 5.41) is 0. The van der Waals surface area contributed by atoms with Gasteiger partial charge in [-0.15, -0.1) is 0 Å². The van der Waals surface area contributed by atoms with Crippen LogP contribution in [0.2, 0.25) is 0 Å². The Morgan fingerprint density at radius 1 is 1.43 bits per heavy atom. The molecule has 0 aliphatic rings. The number of hydrogen-bond acceptors (Lipinski definition) is 1. The minimum atomic E-state index is 1.10. The van der Waals surface area contributed by atoms with Crippen LogP contribution in [0, 0.1) is 0 Å². The van der Waals surface area contributed by atoms with Gasteiger partial charge in [0.25, 0.3) is 0 Å². The third kappa shape index (κ3) is 6.54. The van der Waals surface area contributed by atoms with Gasteiger partial charge in [0.05, 0.1) is 0 Å². The average Bonchev–Trinajstić information content (AvgIpc) is 1.69. The van der Waals surface area contributed by atoms with E-state index in [1.807, 2.05) is 0 Å². The van der Waals surface area contributed by atoms with E-state index in [0.717, 1.165) is 6.54 Å². The number of nitrogens with zero attached hydrogens (tertiary/aromatic N) is 1. The van der Waals surface area contributed by atoms with Crippen molar-refractivity contribution in [3.05, 3.63) is 0 Å². The van der Waals surface area contributed by atoms with Gasteiger partial charge in [-0.3, -0.25) is 0 Å². The fourth-order valence-corrected chi connectivity index (χ4v) is 0.941. The molecule has 0 fully saturated rings. The van der Waals surface area contributed by atoms with Crippen molar-refractivity contribution >= 4 is 0 Å². The van der Waals surface area contributed by atoms with E-state index >= 15 is 0 Å². The van der Waals surface area contributed by atoms with Crippen molar-refractivity contribution < 1.29 is 20.9 Å². The normalized spacial score (nSPS) is 8.57. The van der Waals surface area contributed by atoms with Crippen molar-refractivity contribution in [1.82, 2.24) is 0 Å². The molecule has 0 heterocycles. The predicted molar refractivity (Wildman–Crippen MR) is 26.8 cm³/mol. The molecule has 0 unspecified atom stereocenters. The first-order valence-electron chi connectivity index (χ1n) is 2.72. The SMILES string of the molecule is CCCCC[N]=[Ta]. The van der Waals surface area contributed by atoms with Crippen LogP contribution in [0.3, 0.4) is 0 Å². The molecule has 0 saturated carbocycles. The fourth-order valence-electron chi connectivity index (χ4n) is 0.433. The first-order valence-corrected chi connectivity index (χ1v) is 4.16. The van der Waals surface area contributed by atoms with Crippen LogP contribution in [0.5, 0.6) is 0 Å². The quantitative estimate of drug-likeness (QED) is 0.689. The molecule has 0 atom stereocenters. The van der Waals surface area contributed by atoms with Gasteiger partial charge in [-0.25, -0.2) is 0 Å². The first kappa shape index (κ1) is 7.54. The maximum absolute atomic E-state index is 4.08. The number of unbranched alkanes of at least 4 members (excludes halogenated alkanes) is 2. The molecular formula is C5H11NTa. The second-order valence-electron chi connectivity index (χ2n) is 1.57. The molecule has 2 heteroatoms. The topological polar surface area (TPSA) is 12.4 Å². The molecule has 41 valence electrons. The molecule has 1 nitrogen and oxygen atoms in total. The summed E-state index contributed by atoms with van der Waals surface area (Å²) in [4.78, 5) is 0. The van der Waals surface area contributed by atoms with Crippen LogP contribution in [-0.2, 0) is 20.9 Å². The molecule has 0 spiro atoms. The second-order valence-corrected chi connectivity index (χ2v) is 2.59. The molecule has 0 aromatic carbocycles. The summed E-state index contributed by atoms with van der Waals surface area (Å²) in [6.07, 6.45) is 3.96. The van der Waals surface area contributed by atoms with E-state index in [9.17, 15) is 0 Å². The van der Waals surface area contributed by atoms with Crippen LogP contribution in [-0.4, -0.2) is 6.54 Å². The summed E-state index contributed by atoms with van der Waals surface area (Å²) in [6.45, 7) is 3.31. The Balaban J connectivity index is 2.56. The molecule has 0 aliphatic carbocycles. The van der Waals surface area contributed by atoms with Gasteiger partial charge in [0.2, 0.25) is 0 Å². The van der Waals surface area contributed by atoms with Gasteiger partial charge in [0.1, 0.15) is 0 Å². The van der Waals surface area contributed by atoms with Crippen molar-refractivity contribution in [2.75, 3.05) is 6.54 Å². The van der Waals surface area contributed by atoms with Gasteiger partial charge in [-0.2, -0.15) is 0 Å². The summed E-state index contributed by atoms with van der Waals surface area (Å²) in [7, 11) is 0. The van der Waals surface area contributed by atoms with E-state index in [4.69, 9.17) is 0 Å². The Kier molecular flexibility index (Phi) is 7.05. The molecule has 7 heavy (non-hydrogen) atoms. The molecule has 0 N–H and O–H groups in total. The van der Waals surface area contributed by atoms with E-state index in [1.165, 1.54) is 40.2 Å². The predicted octanol–water partition coefficient (Wildman–Crippen LogP) is 1.91. The molecular weight excluding hydrogens is 255 g/mol. The minimum absolute atomic E-state index is 1.10. The molecule has 0 rings (SSSR count). The third-order valence-electron chi connectivity index (χ3n) is 0.862. The summed E-state index contributed by atoms with van der Waals surface area (Å²) in [5.74, 6) is 0. The molecule has 0 amide bonds. The monoisotopic (exact) mass is 266 g/mol. The van der Waals surface area contributed by atoms with Crippen molar-refractivity contribution in [3.8, 4) is 0 Å². The van der Waals surface area contributed by atoms with E-state index in [0.29, 0.717) is 0 Å². The van der Waals surface area contributed by atoms with E-state index in [2.05, 4.69) is 10.3 Å². The molecule has 0 aliphatic heterocycles. The van der Waals surface area contributed by atoms with Gasteiger partial charge in [-0.05, 0) is 0 Å². The van der Waals surface area contributed by atoms with Crippen molar-refractivity contribution in [2.45, 2.75) is 26.2 Å². The second kappa shape index (κ2) is 6.54. The molecule has 0 saturated heterocycles. The van der Waals surface area contributed by atoms with Crippen molar-refractivity contribution in [3.63, 3.8) is 0 Å². The van der Waals surface area contributed by atoms with E-state index < -0.39 is 0 Å². The maximum atomic E-state index is 4.08. The Morgan fingerprint density at radius 3 is 2.57 bits per heavy atom. The number of hydrogen-bond donors (Lipinski definition) is 0. The molecule has 0 aromatic rings. The third-order valence-corrected chi connectivity index (χ3v) is 1.58. The van der Waals surface area contributed by atoms with Crippen LogP contribution in [0.1, 0.15) is 26.2 Å². The average molecular weight is 266 g/mol. The molecule has 0 bridgehead atoms. The number of rotatable bonds is 4. The van der Waals surface area contributed by atoms with Crippen LogP contribution in [0.15, 0.2) is 3.34 Å². The molecule has 0 radical (unpaired) electrons. The van der Waals surface area contributed by atoms with Gasteiger partial charge in [-0.1, -0.05) is 0 Å². The van der Waals surface area contributed by atoms with Gasteiger partial charge >= 0.3 is 57.0 Å². The van der Waals surface area contributed by atoms with Crippen LogP contribution in [0.25, 0.3) is 0 Å². The van der Waals surface area contributed by atoms with Gasteiger partial charge in [0, 0.05) is 0 Å². The Labute approximate surface area is 57.3 Å². The first-order chi connectivity index (χ1) is 3.41. The summed E-state index contributed by atoms with van der Waals surface area (Å²) in [6, 6.07) is 0. The van der Waals surface area contributed by atoms with E-state index in [1.54, 1.807) is 0 Å². The standard InChI is InChI=1S/C5H11N.Ta/c1-2-3-4-5-6;/h2-5H2,1H3;. The zero-order valence-electron chi connectivity index (χ0n) is 4.72. The van der Waals surface area contributed by atoms with Crippen LogP contribution >= 0.6 is 0 Å². The van der Waals surface area contributed by atoms with Crippen molar-refractivity contribution in [1.29, 1.82) is 0 Å². The molecule has 0 aromatic heterocycles. The zero-order chi connectivity index (χ0) is 5.54. The van der Waals surface area contributed by atoms with Crippen LogP contribution < -0.4 is 0 Å². The Bertz CT molecular complexity index is 45.3. The zero-order valence-corrected chi connectivity index (χ0v) is 7.94. The summed E-state index contributed by atoms with van der Waals surface area (Å²) < 4.78 is 4.08. The summed E-state index contributed by atoms with van der Waals surface area (Å²) >= 11 is 1.20. The summed E-state index contributed by atoms with van der Waals surface area (Å²) in [5.41, 5.74) is 0. The van der Waals surface area contributed by atoms with Gasteiger partial charge in [0.15, 0.2) is 0 Å². The Hall–Kier alpha value is 0.540. The Morgan fingerprint density at radius 2 is 2.14 bits per heavy atom. The van der Waals surface area contributed by atoms with Crippen molar-refractivity contribution in [2.24, 2.45) is 3.34 Å².